The molecule has 1 aliphatic rings. The highest BCUT2D eigenvalue weighted by Gasteiger charge is 2.39. The molecule has 1 unspecified atom stereocenters. The Balaban J connectivity index is 1.48. The van der Waals surface area contributed by atoms with Gasteiger partial charge in [0.05, 0.1) is 17.8 Å². The maximum Gasteiger partial charge on any atom is 0.124 e. The standard InChI is InChI=1S/C15H17N5O2/c16-9-12-1-3-13(4-2-12)22-8-7-20-6-5-15(21,11-20)14-10-17-19-18-14/h1-4,10,21H,5-8,11H2,(H,17,18,19). The van der Waals surface area contributed by atoms with Gasteiger partial charge in [0.1, 0.15) is 23.7 Å². The SMILES string of the molecule is N#Cc1ccc(OCCN2CCC(O)(c3cn[nH]n3)C2)cc1. The number of ether oxygens (including phenoxy) is 1. The van der Waals surface area contributed by atoms with E-state index in [0.717, 1.165) is 18.8 Å². The van der Waals surface area contributed by atoms with E-state index in [0.29, 0.717) is 30.8 Å². The van der Waals surface area contributed by atoms with Crippen LogP contribution in [0.25, 0.3) is 0 Å². The lowest BCUT2D eigenvalue weighted by atomic mass is 10.0. The van der Waals surface area contributed by atoms with Gasteiger partial charge in [0.15, 0.2) is 0 Å². The van der Waals surface area contributed by atoms with E-state index in [-0.39, 0.29) is 0 Å². The molecule has 2 N–H and O–H groups in total. The van der Waals surface area contributed by atoms with Gasteiger partial charge < -0.3 is 9.84 Å². The number of β-amino-alcohol motifs (C(OH)–C–C–N with tert-alkyl or cyclic N) is 1. The van der Waals surface area contributed by atoms with Gasteiger partial charge in [-0.1, -0.05) is 0 Å². The normalized spacial score (nSPS) is 21.6. The van der Waals surface area contributed by atoms with Crippen LogP contribution in [-0.2, 0) is 5.60 Å². The number of hydrogen-bond acceptors (Lipinski definition) is 6. The molecule has 1 atom stereocenters. The largest absolute Gasteiger partial charge is 0.492 e. The second-order valence-corrected chi connectivity index (χ2v) is 5.40. The first-order valence-corrected chi connectivity index (χ1v) is 7.13. The Morgan fingerprint density at radius 2 is 2.23 bits per heavy atom. The van der Waals surface area contributed by atoms with E-state index in [1.165, 1.54) is 0 Å². The molecule has 3 rings (SSSR count). The molecule has 1 aromatic carbocycles. The average molecular weight is 299 g/mol. The van der Waals surface area contributed by atoms with Crippen molar-refractivity contribution in [1.29, 1.82) is 5.26 Å². The monoisotopic (exact) mass is 299 g/mol. The fraction of sp³-hybridized carbons (Fsp3) is 0.400. The van der Waals surface area contributed by atoms with Crippen molar-refractivity contribution in [1.82, 2.24) is 20.3 Å². The Morgan fingerprint density at radius 1 is 1.41 bits per heavy atom. The van der Waals surface area contributed by atoms with Crippen molar-refractivity contribution in [3.63, 3.8) is 0 Å². The molecule has 2 aromatic rings. The topological polar surface area (TPSA) is 98.1 Å². The average Bonchev–Trinajstić information content (AvgIpc) is 3.19. The fourth-order valence-electron chi connectivity index (χ4n) is 2.62. The van der Waals surface area contributed by atoms with Crippen LogP contribution in [-0.4, -0.2) is 51.7 Å². The lowest BCUT2D eigenvalue weighted by Crippen LogP contribution is -2.33. The number of H-pyrrole nitrogens is 1. The zero-order valence-corrected chi connectivity index (χ0v) is 12.1. The highest BCUT2D eigenvalue weighted by Crippen LogP contribution is 2.29. The fourth-order valence-corrected chi connectivity index (χ4v) is 2.62. The smallest absolute Gasteiger partial charge is 0.124 e. The van der Waals surface area contributed by atoms with Crippen molar-refractivity contribution < 1.29 is 9.84 Å². The van der Waals surface area contributed by atoms with Crippen LogP contribution in [0.5, 0.6) is 5.75 Å². The van der Waals surface area contributed by atoms with Gasteiger partial charge in [0.2, 0.25) is 0 Å². The van der Waals surface area contributed by atoms with Crippen LogP contribution < -0.4 is 4.74 Å². The number of benzene rings is 1. The van der Waals surface area contributed by atoms with Gasteiger partial charge in [-0.15, -0.1) is 0 Å². The minimum Gasteiger partial charge on any atom is -0.492 e. The van der Waals surface area contributed by atoms with Gasteiger partial charge in [0, 0.05) is 19.6 Å². The zero-order chi connectivity index (χ0) is 15.4. The molecule has 1 fully saturated rings. The number of likely N-dealkylation sites (tertiary alicyclic amines) is 1. The van der Waals surface area contributed by atoms with Crippen LogP contribution >= 0.6 is 0 Å². The molecule has 22 heavy (non-hydrogen) atoms. The number of aromatic amines is 1. The number of hydrogen-bond donors (Lipinski definition) is 2. The van der Waals surface area contributed by atoms with Gasteiger partial charge in [-0.3, -0.25) is 4.90 Å². The van der Waals surface area contributed by atoms with Gasteiger partial charge in [0.25, 0.3) is 0 Å². The number of nitrogens with one attached hydrogen (secondary N) is 1. The molecule has 114 valence electrons. The van der Waals surface area contributed by atoms with Crippen molar-refractivity contribution in [2.45, 2.75) is 12.0 Å². The minimum atomic E-state index is -0.929. The molecule has 7 heteroatoms. The first-order chi connectivity index (χ1) is 10.7. The summed E-state index contributed by atoms with van der Waals surface area (Å²) in [6.45, 7) is 2.57. The van der Waals surface area contributed by atoms with Crippen molar-refractivity contribution in [2.75, 3.05) is 26.2 Å². The number of rotatable bonds is 5. The van der Waals surface area contributed by atoms with Gasteiger partial charge >= 0.3 is 0 Å². The molecule has 0 spiro atoms. The molecule has 0 saturated carbocycles. The first kappa shape index (κ1) is 14.5. The third kappa shape index (κ3) is 3.08. The number of aromatic nitrogens is 3. The lowest BCUT2D eigenvalue weighted by molar-refractivity contribution is 0.0403. The Labute approximate surface area is 128 Å². The van der Waals surface area contributed by atoms with E-state index in [1.54, 1.807) is 30.5 Å². The van der Waals surface area contributed by atoms with E-state index in [1.807, 2.05) is 0 Å². The van der Waals surface area contributed by atoms with E-state index in [4.69, 9.17) is 10.00 Å². The summed E-state index contributed by atoms with van der Waals surface area (Å²) in [4.78, 5) is 2.14. The molecule has 0 amide bonds. The van der Waals surface area contributed by atoms with E-state index in [2.05, 4.69) is 26.4 Å². The second-order valence-electron chi connectivity index (χ2n) is 5.40. The third-order valence-corrected chi connectivity index (χ3v) is 3.88. The van der Waals surface area contributed by atoms with Crippen molar-refractivity contribution in [3.8, 4) is 11.8 Å². The molecule has 1 aromatic heterocycles. The van der Waals surface area contributed by atoms with Crippen LogP contribution in [0.15, 0.2) is 30.5 Å². The van der Waals surface area contributed by atoms with E-state index in [9.17, 15) is 5.11 Å². The first-order valence-electron chi connectivity index (χ1n) is 7.13. The summed E-state index contributed by atoms with van der Waals surface area (Å²) in [7, 11) is 0. The number of nitrogens with zero attached hydrogens (tertiary/aromatic N) is 4. The van der Waals surface area contributed by atoms with Crippen LogP contribution in [0.3, 0.4) is 0 Å². The minimum absolute atomic E-state index is 0.524. The maximum atomic E-state index is 10.6. The molecule has 7 nitrogen and oxygen atoms in total. The summed E-state index contributed by atoms with van der Waals surface area (Å²) in [5.41, 5.74) is 0.272. The highest BCUT2D eigenvalue weighted by molar-refractivity contribution is 5.34. The maximum absolute atomic E-state index is 10.6. The van der Waals surface area contributed by atoms with Crippen molar-refractivity contribution >= 4 is 0 Å². The molecule has 0 bridgehead atoms. The van der Waals surface area contributed by atoms with E-state index < -0.39 is 5.60 Å². The molecule has 0 radical (unpaired) electrons. The molecule has 0 aliphatic carbocycles. The summed E-state index contributed by atoms with van der Waals surface area (Å²) < 4.78 is 5.66. The Kier molecular flexibility index (Phi) is 4.04. The Hall–Kier alpha value is -2.43. The lowest BCUT2D eigenvalue weighted by Gasteiger charge is -2.21. The highest BCUT2D eigenvalue weighted by atomic mass is 16.5. The van der Waals surface area contributed by atoms with Gasteiger partial charge in [-0.05, 0) is 30.7 Å². The molecular formula is C15H17N5O2. The van der Waals surface area contributed by atoms with Crippen molar-refractivity contribution in [2.24, 2.45) is 0 Å². The number of nitriles is 1. The summed E-state index contributed by atoms with van der Waals surface area (Å²) in [6.07, 6.45) is 2.20. The zero-order valence-electron chi connectivity index (χ0n) is 12.1. The molecule has 1 saturated heterocycles. The third-order valence-electron chi connectivity index (χ3n) is 3.88. The van der Waals surface area contributed by atoms with Crippen molar-refractivity contribution in [3.05, 3.63) is 41.7 Å². The van der Waals surface area contributed by atoms with Gasteiger partial charge in [-0.2, -0.15) is 20.7 Å². The van der Waals surface area contributed by atoms with E-state index >= 15 is 0 Å². The summed E-state index contributed by atoms with van der Waals surface area (Å²) in [5, 5.41) is 29.6. The van der Waals surface area contributed by atoms with Crippen LogP contribution in [0.2, 0.25) is 0 Å². The summed E-state index contributed by atoms with van der Waals surface area (Å²) >= 11 is 0. The van der Waals surface area contributed by atoms with Crippen LogP contribution in [0.1, 0.15) is 17.7 Å². The Morgan fingerprint density at radius 3 is 2.91 bits per heavy atom. The van der Waals surface area contributed by atoms with Crippen LogP contribution in [0, 0.1) is 11.3 Å². The second kappa shape index (κ2) is 6.13. The van der Waals surface area contributed by atoms with Gasteiger partial charge in [-0.25, -0.2) is 0 Å². The number of aliphatic hydroxyl groups is 1. The summed E-state index contributed by atoms with van der Waals surface area (Å²) in [5.74, 6) is 0.741. The quantitative estimate of drug-likeness (QED) is 0.841. The van der Waals surface area contributed by atoms with Crippen LogP contribution in [0.4, 0.5) is 0 Å². The predicted molar refractivity (Wildman–Crippen MR) is 78.0 cm³/mol. The molecule has 1 aliphatic heterocycles. The predicted octanol–water partition coefficient (Wildman–Crippen LogP) is 0.649. The molecule has 2 heterocycles. The molecular weight excluding hydrogens is 282 g/mol. The summed E-state index contributed by atoms with van der Waals surface area (Å²) in [6, 6.07) is 9.11. The Bertz CT molecular complexity index is 650.